The Bertz CT molecular complexity index is 2910. The molecule has 4 heteroatoms. The molecule has 1 spiro atoms. The molecule has 8 aromatic rings. The Kier molecular flexibility index (Phi) is 8.88. The van der Waals surface area contributed by atoms with Gasteiger partial charge in [-0.25, -0.2) is 0 Å². The first-order valence-corrected chi connectivity index (χ1v) is 24.1. The predicted molar refractivity (Wildman–Crippen MR) is 263 cm³/mol. The van der Waals surface area contributed by atoms with E-state index in [2.05, 4.69) is 222 Å². The lowest BCUT2D eigenvalue weighted by molar-refractivity contribution is 0.487. The maximum atomic E-state index is 6.90. The summed E-state index contributed by atoms with van der Waals surface area (Å²) in [6.45, 7) is 14.1. The smallest absolute Gasteiger partial charge is 0.251 e. The van der Waals surface area contributed by atoms with Crippen molar-refractivity contribution in [3.05, 3.63) is 193 Å². The molecule has 0 saturated carbocycles. The van der Waals surface area contributed by atoms with Crippen LogP contribution < -0.4 is 46.8 Å². The second-order valence-electron chi connectivity index (χ2n) is 18.2. The van der Waals surface area contributed by atoms with Crippen LogP contribution in [0.1, 0.15) is 76.0 Å². The van der Waals surface area contributed by atoms with Crippen LogP contribution in [0.3, 0.4) is 0 Å². The molecule has 0 saturated heterocycles. The van der Waals surface area contributed by atoms with Crippen molar-refractivity contribution in [1.29, 1.82) is 0 Å². The molecule has 0 aromatic heterocycles. The van der Waals surface area contributed by atoms with Crippen LogP contribution in [0.4, 0.5) is 17.1 Å². The van der Waals surface area contributed by atoms with E-state index in [-0.39, 0.29) is 6.71 Å². The number of benzene rings is 8. The molecular weight excluding hydrogens is 754 g/mol. The van der Waals surface area contributed by atoms with E-state index in [0.29, 0.717) is 17.8 Å². The summed E-state index contributed by atoms with van der Waals surface area (Å²) in [6.07, 6.45) is 0. The predicted octanol–water partition coefficient (Wildman–Crippen LogP) is 10.5. The van der Waals surface area contributed by atoms with Crippen LogP contribution in [0.15, 0.2) is 176 Å². The molecule has 0 aliphatic carbocycles. The number of rotatable bonds is 6. The van der Waals surface area contributed by atoms with Gasteiger partial charge in [-0.05, 0) is 125 Å². The first kappa shape index (κ1) is 37.6. The summed E-state index contributed by atoms with van der Waals surface area (Å²) in [6, 6.07) is 66.5. The molecule has 0 atom stereocenters. The zero-order chi connectivity index (χ0) is 41.6. The van der Waals surface area contributed by atoms with Crippen LogP contribution in [-0.2, 0) is 0 Å². The number of fused-ring (bicyclic) bond motifs is 11. The van der Waals surface area contributed by atoms with E-state index in [9.17, 15) is 0 Å². The van der Waals surface area contributed by atoms with Crippen LogP contribution in [0.25, 0.3) is 22.3 Å². The van der Waals surface area contributed by atoms with E-state index >= 15 is 0 Å². The summed E-state index contributed by atoms with van der Waals surface area (Å²) in [5, 5.41) is 5.84. The molecule has 3 heterocycles. The Balaban J connectivity index is 1.06. The second-order valence-corrected chi connectivity index (χ2v) is 21.8. The minimum Gasteiger partial charge on any atom is -0.458 e. The summed E-state index contributed by atoms with van der Waals surface area (Å²) < 4.78 is 6.90. The zero-order valence-corrected chi connectivity index (χ0v) is 36.9. The number of ether oxygens (including phenoxy) is 1. The van der Waals surface area contributed by atoms with Gasteiger partial charge in [0.25, 0.3) is 6.71 Å². The van der Waals surface area contributed by atoms with Crippen LogP contribution in [-0.4, -0.2) is 14.8 Å². The molecule has 2 nitrogen and oxygen atoms in total. The van der Waals surface area contributed by atoms with Gasteiger partial charge in [0, 0.05) is 17.1 Å². The van der Waals surface area contributed by atoms with Crippen molar-refractivity contribution in [3.63, 3.8) is 0 Å². The van der Waals surface area contributed by atoms with Gasteiger partial charge >= 0.3 is 0 Å². The van der Waals surface area contributed by atoms with Crippen molar-refractivity contribution in [2.45, 2.75) is 59.3 Å². The molecule has 0 bridgehead atoms. The molecule has 0 radical (unpaired) electrons. The summed E-state index contributed by atoms with van der Waals surface area (Å²) >= 11 is 0. The normalized spacial score (nSPS) is 14.0. The Morgan fingerprint density at radius 3 is 1.57 bits per heavy atom. The SMILES string of the molecule is CC(C)c1cc(C(C)C)c(B2c3ccccc3Oc3cc(-c4cccc(N5c6ccccc6[Si]6(c7ccccc7-c7ccccc76)c6ccccc65)c4)ccc32)c(C(C)C)c1. The van der Waals surface area contributed by atoms with E-state index in [1.807, 2.05) is 0 Å². The molecule has 11 rings (SSSR count). The minimum atomic E-state index is -2.62. The second kappa shape index (κ2) is 14.4. The van der Waals surface area contributed by atoms with Crippen LogP contribution in [0.5, 0.6) is 11.5 Å². The first-order valence-electron chi connectivity index (χ1n) is 22.1. The van der Waals surface area contributed by atoms with Crippen molar-refractivity contribution < 1.29 is 4.74 Å². The first-order chi connectivity index (χ1) is 29.8. The van der Waals surface area contributed by atoms with E-state index < -0.39 is 8.07 Å². The van der Waals surface area contributed by atoms with Gasteiger partial charge in [0.15, 0.2) is 8.07 Å². The Morgan fingerprint density at radius 1 is 0.443 bits per heavy atom. The van der Waals surface area contributed by atoms with Gasteiger partial charge in [-0.15, -0.1) is 0 Å². The number of para-hydroxylation sites is 3. The topological polar surface area (TPSA) is 12.5 Å². The monoisotopic (exact) mass is 803 g/mol. The summed E-state index contributed by atoms with van der Waals surface area (Å²) in [7, 11) is -2.62. The van der Waals surface area contributed by atoms with E-state index in [4.69, 9.17) is 4.74 Å². The van der Waals surface area contributed by atoms with Crippen LogP contribution in [0.2, 0.25) is 0 Å². The van der Waals surface area contributed by atoms with Gasteiger partial charge in [-0.3, -0.25) is 0 Å². The van der Waals surface area contributed by atoms with Crippen molar-refractivity contribution in [2.24, 2.45) is 0 Å². The lowest BCUT2D eigenvalue weighted by Gasteiger charge is -2.43. The quantitative estimate of drug-likeness (QED) is 0.155. The van der Waals surface area contributed by atoms with E-state index in [0.717, 1.165) is 28.3 Å². The highest BCUT2D eigenvalue weighted by molar-refractivity contribution is 7.23. The van der Waals surface area contributed by atoms with Gasteiger partial charge in [0.1, 0.15) is 11.5 Å². The van der Waals surface area contributed by atoms with Crippen molar-refractivity contribution in [3.8, 4) is 33.8 Å². The summed E-state index contributed by atoms with van der Waals surface area (Å²) in [5.74, 6) is 3.10. The molecular formula is C57H50BNOSi. The molecule has 0 amide bonds. The third-order valence-corrected chi connectivity index (χ3v) is 18.7. The largest absolute Gasteiger partial charge is 0.458 e. The zero-order valence-electron chi connectivity index (χ0n) is 35.9. The minimum absolute atomic E-state index is 0.0695. The lowest BCUT2D eigenvalue weighted by atomic mass is 9.34. The van der Waals surface area contributed by atoms with Crippen molar-refractivity contribution >= 4 is 69.0 Å². The molecule has 61 heavy (non-hydrogen) atoms. The highest BCUT2D eigenvalue weighted by Crippen LogP contribution is 2.42. The number of anilines is 3. The average Bonchev–Trinajstić information content (AvgIpc) is 3.58. The molecule has 8 aromatic carbocycles. The molecule has 0 fully saturated rings. The fraction of sp³-hybridized carbons (Fsp3) is 0.158. The number of nitrogens with zero attached hydrogens (tertiary/aromatic N) is 1. The lowest BCUT2D eigenvalue weighted by Crippen LogP contribution is -2.75. The van der Waals surface area contributed by atoms with E-state index in [1.165, 1.54) is 76.3 Å². The highest BCUT2D eigenvalue weighted by atomic mass is 28.3. The third kappa shape index (κ3) is 5.61. The van der Waals surface area contributed by atoms with Crippen LogP contribution in [0, 0.1) is 0 Å². The maximum absolute atomic E-state index is 6.90. The third-order valence-electron chi connectivity index (χ3n) is 13.7. The molecule has 3 aliphatic heterocycles. The van der Waals surface area contributed by atoms with Crippen molar-refractivity contribution in [1.82, 2.24) is 0 Å². The Labute approximate surface area is 362 Å². The molecule has 3 aliphatic rings. The average molecular weight is 804 g/mol. The van der Waals surface area contributed by atoms with E-state index in [1.54, 1.807) is 0 Å². The van der Waals surface area contributed by atoms with Crippen LogP contribution >= 0.6 is 0 Å². The maximum Gasteiger partial charge on any atom is 0.251 e. The molecule has 0 N–H and O–H groups in total. The fourth-order valence-electron chi connectivity index (χ4n) is 11.0. The van der Waals surface area contributed by atoms with Gasteiger partial charge in [0.2, 0.25) is 0 Å². The van der Waals surface area contributed by atoms with Gasteiger partial charge < -0.3 is 9.64 Å². The Hall–Kier alpha value is -6.36. The van der Waals surface area contributed by atoms with Gasteiger partial charge in [-0.1, -0.05) is 187 Å². The number of hydrogen-bond donors (Lipinski definition) is 0. The molecule has 0 unspecified atom stereocenters. The molecule has 296 valence electrons. The van der Waals surface area contributed by atoms with Crippen molar-refractivity contribution in [2.75, 3.05) is 4.90 Å². The number of hydrogen-bond acceptors (Lipinski definition) is 2. The fourth-order valence-corrected chi connectivity index (χ4v) is 16.5. The Morgan fingerprint density at radius 2 is 0.967 bits per heavy atom. The van der Waals surface area contributed by atoms with Gasteiger partial charge in [-0.2, -0.15) is 0 Å². The standard InChI is InChI=1S/C57H50BNOSi/c1-36(2)41-33-45(37(3)4)57(46(34-41)38(5)6)58-47-22-9-12-25-51(47)60-52-35-40(30-31-48(52)58)39-18-17-19-42(32-39)59-49-23-10-15-28-55(49)61(56-29-16-11-24-50(56)59)53-26-13-7-20-43(53)44-21-8-14-27-54(44)61/h7-38H,1-6H3. The summed E-state index contributed by atoms with van der Waals surface area (Å²) in [4.78, 5) is 2.51. The highest BCUT2D eigenvalue weighted by Gasteiger charge is 2.53. The summed E-state index contributed by atoms with van der Waals surface area (Å²) in [5.41, 5.74) is 16.9. The van der Waals surface area contributed by atoms with Gasteiger partial charge in [0.05, 0.1) is 0 Å².